The normalized spacial score (nSPS) is 20.4. The third-order valence-corrected chi connectivity index (χ3v) is 9.53. The molecule has 0 aromatic heterocycles. The molecule has 258 valence electrons. The molecule has 0 bridgehead atoms. The fourth-order valence-corrected chi connectivity index (χ4v) is 6.79. The number of benzene rings is 2. The zero-order valence-electron chi connectivity index (χ0n) is 28.6. The van der Waals surface area contributed by atoms with Gasteiger partial charge in [0, 0.05) is 64.1 Å². The van der Waals surface area contributed by atoms with Crippen molar-refractivity contribution in [3.8, 4) is 11.5 Å². The number of nitrogens with one attached hydrogen (secondary N) is 3. The molecule has 0 spiro atoms. The van der Waals surface area contributed by atoms with Gasteiger partial charge in [0.15, 0.2) is 0 Å². The maximum atomic E-state index is 14.5. The van der Waals surface area contributed by atoms with Gasteiger partial charge < -0.3 is 35.8 Å². The monoisotopic (exact) mass is 642 g/mol. The van der Waals surface area contributed by atoms with Crippen molar-refractivity contribution in [1.29, 1.82) is 0 Å². The van der Waals surface area contributed by atoms with E-state index in [1.165, 1.54) is 50.4 Å². The average molecular weight is 643 g/mol. The number of amides is 1. The summed E-state index contributed by atoms with van der Waals surface area (Å²) >= 11 is 0. The third-order valence-electron chi connectivity index (χ3n) is 9.53. The van der Waals surface area contributed by atoms with Gasteiger partial charge in [0.1, 0.15) is 23.4 Å². The zero-order valence-corrected chi connectivity index (χ0v) is 28.6. The van der Waals surface area contributed by atoms with Crippen LogP contribution in [-0.2, 0) is 11.2 Å². The van der Waals surface area contributed by atoms with Crippen LogP contribution in [0.3, 0.4) is 0 Å². The lowest BCUT2D eigenvalue weighted by Gasteiger charge is -2.37. The molecule has 2 aromatic carbocycles. The van der Waals surface area contributed by atoms with Crippen molar-refractivity contribution in [3.05, 3.63) is 53.3 Å². The first-order valence-electron chi connectivity index (χ1n) is 17.3. The minimum absolute atomic E-state index is 0.186. The van der Waals surface area contributed by atoms with Gasteiger partial charge in [-0.2, -0.15) is 0 Å². The smallest absolute Gasteiger partial charge is 0.207 e. The fraction of sp³-hybridized carbons (Fsp3) is 0.649. The van der Waals surface area contributed by atoms with Crippen LogP contribution in [0.2, 0.25) is 0 Å². The Hall–Kier alpha value is -2.88. The van der Waals surface area contributed by atoms with Gasteiger partial charge in [0.2, 0.25) is 6.41 Å². The molecule has 1 atom stereocenters. The molecule has 1 amide bonds. The van der Waals surface area contributed by atoms with Gasteiger partial charge >= 0.3 is 0 Å². The number of phenols is 1. The number of carbonyl (C=O) groups excluding carboxylic acids is 1. The summed E-state index contributed by atoms with van der Waals surface area (Å²) in [5.41, 5.74) is 3.39. The van der Waals surface area contributed by atoms with Crippen molar-refractivity contribution >= 4 is 12.1 Å². The predicted octanol–water partition coefficient (Wildman–Crippen LogP) is 5.76. The van der Waals surface area contributed by atoms with Crippen molar-refractivity contribution in [3.63, 3.8) is 0 Å². The topological polar surface area (TPSA) is 106 Å². The van der Waals surface area contributed by atoms with Crippen LogP contribution in [0.4, 0.5) is 10.1 Å². The molecular weight excluding hydrogens is 583 g/mol. The highest BCUT2D eigenvalue weighted by Gasteiger charge is 2.31. The summed E-state index contributed by atoms with van der Waals surface area (Å²) in [7, 11) is 1.00. The maximum Gasteiger partial charge on any atom is 0.207 e. The highest BCUT2D eigenvalue weighted by Crippen LogP contribution is 2.45. The summed E-state index contributed by atoms with van der Waals surface area (Å²) in [6.45, 7) is 13.4. The Balaban J connectivity index is 0.000000737. The number of hydrogen-bond donors (Lipinski definition) is 5. The lowest BCUT2D eigenvalue weighted by Crippen LogP contribution is -2.43. The van der Waals surface area contributed by atoms with Crippen molar-refractivity contribution in [2.24, 2.45) is 11.3 Å². The van der Waals surface area contributed by atoms with Crippen molar-refractivity contribution in [2.45, 2.75) is 90.6 Å². The molecule has 5 rings (SSSR count). The van der Waals surface area contributed by atoms with Crippen LogP contribution in [0.15, 0.2) is 36.4 Å². The molecule has 3 aliphatic rings. The van der Waals surface area contributed by atoms with E-state index in [9.17, 15) is 14.3 Å². The first kappa shape index (κ1) is 37.6. The van der Waals surface area contributed by atoms with E-state index in [1.807, 2.05) is 18.2 Å². The largest absolute Gasteiger partial charge is 0.508 e. The highest BCUT2D eigenvalue weighted by molar-refractivity contribution is 5.52. The number of phenolic OH excluding ortho intramolecular Hbond substituents is 1. The van der Waals surface area contributed by atoms with E-state index < -0.39 is 0 Å². The Morgan fingerprint density at radius 1 is 0.978 bits per heavy atom. The first-order chi connectivity index (χ1) is 22.2. The summed E-state index contributed by atoms with van der Waals surface area (Å²) in [5, 5.41) is 27.0. The molecule has 2 aromatic rings. The van der Waals surface area contributed by atoms with E-state index in [4.69, 9.17) is 9.84 Å². The number of carbonyl (C=O) groups is 1. The number of hydrogen-bond acceptors (Lipinski definition) is 7. The van der Waals surface area contributed by atoms with Gasteiger partial charge in [0.25, 0.3) is 0 Å². The van der Waals surface area contributed by atoms with Gasteiger partial charge in [-0.3, -0.25) is 4.79 Å². The molecule has 2 aliphatic heterocycles. The SMILES string of the molecule is C1CCNC1.CC(C)(C)C1CCC(c2cc(CCC(CCNC=O)Oc3cc(F)cc(N4CCNCC4)c3)ccc2O)CC1.CO. The van der Waals surface area contributed by atoms with Gasteiger partial charge in [-0.1, -0.05) is 32.9 Å². The lowest BCUT2D eigenvalue weighted by molar-refractivity contribution is -0.109. The number of halogens is 1. The van der Waals surface area contributed by atoms with Gasteiger partial charge in [0.05, 0.1) is 0 Å². The van der Waals surface area contributed by atoms with Crippen LogP contribution in [0, 0.1) is 17.2 Å². The lowest BCUT2D eigenvalue weighted by atomic mass is 9.68. The third kappa shape index (κ3) is 12.4. The second-order valence-corrected chi connectivity index (χ2v) is 13.8. The molecule has 5 N–H and O–H groups in total. The maximum absolute atomic E-state index is 14.5. The summed E-state index contributed by atoms with van der Waals surface area (Å²) in [6.07, 6.45) is 10.0. The van der Waals surface area contributed by atoms with Crippen LogP contribution in [0.25, 0.3) is 0 Å². The Morgan fingerprint density at radius 2 is 1.65 bits per heavy atom. The van der Waals surface area contributed by atoms with Gasteiger partial charge in [-0.05, 0) is 105 Å². The summed E-state index contributed by atoms with van der Waals surface area (Å²) < 4.78 is 20.9. The second kappa shape index (κ2) is 19.7. The van der Waals surface area contributed by atoms with Crippen molar-refractivity contribution in [1.82, 2.24) is 16.0 Å². The molecule has 1 aliphatic carbocycles. The van der Waals surface area contributed by atoms with Crippen molar-refractivity contribution in [2.75, 3.05) is 57.8 Å². The second-order valence-electron chi connectivity index (χ2n) is 13.8. The highest BCUT2D eigenvalue weighted by atomic mass is 19.1. The van der Waals surface area contributed by atoms with E-state index in [-0.39, 0.29) is 11.9 Å². The molecule has 1 saturated carbocycles. The molecular formula is C37H59FN4O4. The predicted molar refractivity (Wildman–Crippen MR) is 185 cm³/mol. The fourth-order valence-electron chi connectivity index (χ4n) is 6.79. The van der Waals surface area contributed by atoms with Gasteiger partial charge in [-0.15, -0.1) is 0 Å². The molecule has 9 heteroatoms. The van der Waals surface area contributed by atoms with Crippen molar-refractivity contribution < 1.29 is 24.1 Å². The number of rotatable bonds is 11. The summed E-state index contributed by atoms with van der Waals surface area (Å²) in [6, 6.07) is 10.9. The van der Waals surface area contributed by atoms with E-state index >= 15 is 0 Å². The Bertz CT molecular complexity index is 1150. The Kier molecular flexibility index (Phi) is 16.1. The van der Waals surface area contributed by atoms with E-state index in [2.05, 4.69) is 47.7 Å². The minimum atomic E-state index is -0.310. The number of anilines is 1. The average Bonchev–Trinajstić information content (AvgIpc) is 3.66. The number of aliphatic hydroxyl groups excluding tert-OH is 1. The van der Waals surface area contributed by atoms with Crippen LogP contribution in [0.1, 0.15) is 89.2 Å². The van der Waals surface area contributed by atoms with Crippen LogP contribution in [-0.4, -0.2) is 75.7 Å². The van der Waals surface area contributed by atoms with E-state index in [0.29, 0.717) is 42.2 Å². The number of aryl methyl sites for hydroxylation is 1. The van der Waals surface area contributed by atoms with Crippen LogP contribution < -0.4 is 25.6 Å². The summed E-state index contributed by atoms with van der Waals surface area (Å²) in [5.74, 6) is 1.72. The standard InChI is InChI=1S/C32H46FN3O3.C4H9N.CH4O/c1-32(2,3)25-8-6-24(7-9-25)30-18-23(5-11-31(30)38)4-10-28(12-13-35-22-37)39-29-20-26(33)19-27(21-29)36-16-14-34-15-17-36;1-2-4-5-3-1;1-2/h5,11,18-22,24-25,28,34,38H,4,6-10,12-17H2,1-3H3,(H,35,37);5H,1-4H2;2H,1H3. The number of nitrogens with zero attached hydrogens (tertiary/aromatic N) is 1. The molecule has 46 heavy (non-hydrogen) atoms. The van der Waals surface area contributed by atoms with Gasteiger partial charge in [-0.25, -0.2) is 4.39 Å². The minimum Gasteiger partial charge on any atom is -0.508 e. The molecule has 2 heterocycles. The number of piperazine rings is 1. The summed E-state index contributed by atoms with van der Waals surface area (Å²) in [4.78, 5) is 13.0. The molecule has 2 saturated heterocycles. The molecule has 3 fully saturated rings. The first-order valence-corrected chi connectivity index (χ1v) is 17.3. The Morgan fingerprint density at radius 3 is 2.26 bits per heavy atom. The van der Waals surface area contributed by atoms with Crippen LogP contribution in [0.5, 0.6) is 11.5 Å². The van der Waals surface area contributed by atoms with Crippen LogP contribution >= 0.6 is 0 Å². The molecule has 0 radical (unpaired) electrons. The number of ether oxygens (including phenoxy) is 1. The molecule has 1 unspecified atom stereocenters. The quantitative estimate of drug-likeness (QED) is 0.157. The number of aromatic hydroxyl groups is 1. The van der Waals surface area contributed by atoms with E-state index in [0.717, 1.165) is 76.1 Å². The molecule has 8 nitrogen and oxygen atoms in total. The number of aliphatic hydroxyl groups is 1. The zero-order chi connectivity index (χ0) is 33.4. The van der Waals surface area contributed by atoms with E-state index in [1.54, 1.807) is 6.07 Å². The Labute approximate surface area is 276 Å².